The molecule has 116 valence electrons. The van der Waals surface area contributed by atoms with Crippen LogP contribution in [0.25, 0.3) is 0 Å². The highest BCUT2D eigenvalue weighted by Gasteiger charge is 2.34. The maximum atomic E-state index is 12.0. The Morgan fingerprint density at radius 1 is 1.27 bits per heavy atom. The maximum absolute atomic E-state index is 12.0. The Labute approximate surface area is 127 Å². The van der Waals surface area contributed by atoms with E-state index in [0.717, 1.165) is 0 Å². The van der Waals surface area contributed by atoms with Crippen LogP contribution >= 0.6 is 0 Å². The van der Waals surface area contributed by atoms with Gasteiger partial charge in [0.25, 0.3) is 0 Å². The summed E-state index contributed by atoms with van der Waals surface area (Å²) in [6.07, 6.45) is 0. The number of hydrogen-bond donors (Lipinski definition) is 2. The fraction of sp³-hybridized carbons (Fsp3) is 0.267. The smallest absolute Gasteiger partial charge is 0.337 e. The summed E-state index contributed by atoms with van der Waals surface area (Å²) in [5, 5.41) is 11.6. The fourth-order valence-electron chi connectivity index (χ4n) is 2.28. The first-order valence-corrected chi connectivity index (χ1v) is 6.53. The number of allylic oxidation sites excluding steroid dienone is 1. The Morgan fingerprint density at radius 3 is 2.36 bits per heavy atom. The molecule has 0 saturated heterocycles. The Kier molecular flexibility index (Phi) is 4.16. The van der Waals surface area contributed by atoms with Crippen molar-refractivity contribution in [2.45, 2.75) is 13.0 Å². The van der Waals surface area contributed by atoms with Crippen molar-refractivity contribution in [1.29, 1.82) is 0 Å². The van der Waals surface area contributed by atoms with Gasteiger partial charge in [0.1, 0.15) is 0 Å². The molecule has 1 atom stereocenters. The zero-order chi connectivity index (χ0) is 16.4. The lowest BCUT2D eigenvalue weighted by atomic mass is 9.94. The van der Waals surface area contributed by atoms with E-state index in [1.165, 1.54) is 24.1 Å². The number of benzene rings is 1. The summed E-state index contributed by atoms with van der Waals surface area (Å²) in [6.45, 7) is 1.66. The molecule has 0 aliphatic carbocycles. The average Bonchev–Trinajstić information content (AvgIpc) is 2.51. The summed E-state index contributed by atoms with van der Waals surface area (Å²) in [4.78, 5) is 36.2. The molecule has 2 N–H and O–H groups in total. The van der Waals surface area contributed by atoms with E-state index in [2.05, 4.69) is 5.32 Å². The van der Waals surface area contributed by atoms with E-state index in [0.29, 0.717) is 16.8 Å². The summed E-state index contributed by atoms with van der Waals surface area (Å²) < 4.78 is 4.79. The van der Waals surface area contributed by atoms with E-state index >= 15 is 0 Å². The molecule has 1 aliphatic heterocycles. The molecule has 1 aromatic rings. The normalized spacial score (nSPS) is 18.0. The van der Waals surface area contributed by atoms with Gasteiger partial charge < -0.3 is 20.1 Å². The van der Waals surface area contributed by atoms with Crippen molar-refractivity contribution in [1.82, 2.24) is 10.2 Å². The number of carbonyl (C=O) groups is 3. The Bertz CT molecular complexity index is 663. The second kappa shape index (κ2) is 5.88. The van der Waals surface area contributed by atoms with Crippen LogP contribution in [0.4, 0.5) is 4.79 Å². The number of esters is 1. The minimum absolute atomic E-state index is 0.128. The van der Waals surface area contributed by atoms with Crippen LogP contribution < -0.4 is 5.32 Å². The van der Waals surface area contributed by atoms with E-state index < -0.39 is 18.0 Å². The second-order valence-corrected chi connectivity index (χ2v) is 4.86. The third-order valence-corrected chi connectivity index (χ3v) is 3.65. The highest BCUT2D eigenvalue weighted by molar-refractivity contribution is 5.95. The van der Waals surface area contributed by atoms with Crippen LogP contribution in [-0.2, 0) is 9.53 Å². The molecule has 22 heavy (non-hydrogen) atoms. The van der Waals surface area contributed by atoms with Crippen molar-refractivity contribution in [3.05, 3.63) is 46.7 Å². The number of nitrogens with zero attached hydrogens (tertiary/aromatic N) is 1. The molecule has 0 fully saturated rings. The van der Waals surface area contributed by atoms with Crippen LogP contribution in [0, 0.1) is 0 Å². The summed E-state index contributed by atoms with van der Waals surface area (Å²) in [6, 6.07) is 4.95. The van der Waals surface area contributed by atoms with Crippen molar-refractivity contribution in [3.8, 4) is 0 Å². The van der Waals surface area contributed by atoms with Gasteiger partial charge in [-0.25, -0.2) is 14.4 Å². The van der Waals surface area contributed by atoms with Gasteiger partial charge in [-0.15, -0.1) is 0 Å². The standard InChI is InChI=1S/C15H16N2O5/c1-8-11(14(20)22-3)12(16-15(21)17(8)2)9-4-6-10(7-5-9)13(18)19/h4-7,12H,1-3H3,(H,16,21)(H,18,19)/t12-/m1/s1. The van der Waals surface area contributed by atoms with E-state index in [1.807, 2.05) is 0 Å². The van der Waals surface area contributed by atoms with Gasteiger partial charge in [0.15, 0.2) is 0 Å². The SMILES string of the molecule is COC(=O)C1=C(C)N(C)C(=O)N[C@@H]1c1ccc(C(=O)O)cc1. The molecule has 1 heterocycles. The monoisotopic (exact) mass is 304 g/mol. The van der Waals surface area contributed by atoms with Crippen LogP contribution in [-0.4, -0.2) is 42.1 Å². The number of hydrogen-bond acceptors (Lipinski definition) is 4. The molecule has 0 aromatic heterocycles. The minimum Gasteiger partial charge on any atom is -0.478 e. The molecule has 0 saturated carbocycles. The molecule has 2 amide bonds. The molecule has 1 aromatic carbocycles. The van der Waals surface area contributed by atoms with Crippen LogP contribution in [0.3, 0.4) is 0 Å². The third kappa shape index (κ3) is 2.65. The van der Waals surface area contributed by atoms with Crippen molar-refractivity contribution < 1.29 is 24.2 Å². The van der Waals surface area contributed by atoms with E-state index in [-0.39, 0.29) is 11.6 Å². The predicted molar refractivity (Wildman–Crippen MR) is 77.2 cm³/mol. The van der Waals surface area contributed by atoms with Gasteiger partial charge >= 0.3 is 18.0 Å². The summed E-state index contributed by atoms with van der Waals surface area (Å²) >= 11 is 0. The molecular weight excluding hydrogens is 288 g/mol. The van der Waals surface area contributed by atoms with Crippen LogP contribution in [0.1, 0.15) is 28.9 Å². The van der Waals surface area contributed by atoms with Crippen molar-refractivity contribution >= 4 is 18.0 Å². The number of carboxylic acids is 1. The minimum atomic E-state index is -1.04. The third-order valence-electron chi connectivity index (χ3n) is 3.65. The number of carboxylic acid groups (broad SMARTS) is 1. The van der Waals surface area contributed by atoms with Crippen molar-refractivity contribution in [3.63, 3.8) is 0 Å². The first-order valence-electron chi connectivity index (χ1n) is 6.53. The molecule has 2 rings (SSSR count). The second-order valence-electron chi connectivity index (χ2n) is 4.86. The maximum Gasteiger partial charge on any atom is 0.337 e. The number of ether oxygens (including phenoxy) is 1. The molecule has 0 bridgehead atoms. The highest BCUT2D eigenvalue weighted by Crippen LogP contribution is 2.30. The molecule has 7 heteroatoms. The van der Waals surface area contributed by atoms with Gasteiger partial charge in [-0.05, 0) is 24.6 Å². The van der Waals surface area contributed by atoms with Gasteiger partial charge in [0.2, 0.25) is 0 Å². The zero-order valence-electron chi connectivity index (χ0n) is 12.4. The van der Waals surface area contributed by atoms with Gasteiger partial charge in [-0.3, -0.25) is 0 Å². The summed E-state index contributed by atoms with van der Waals surface area (Å²) in [7, 11) is 2.82. The van der Waals surface area contributed by atoms with Gasteiger partial charge in [-0.2, -0.15) is 0 Å². The van der Waals surface area contributed by atoms with E-state index in [9.17, 15) is 14.4 Å². The first-order chi connectivity index (χ1) is 10.4. The Hall–Kier alpha value is -2.83. The number of aromatic carboxylic acids is 1. The molecule has 7 nitrogen and oxygen atoms in total. The molecule has 0 radical (unpaired) electrons. The topological polar surface area (TPSA) is 95.9 Å². The average molecular weight is 304 g/mol. The van der Waals surface area contributed by atoms with Crippen molar-refractivity contribution in [2.24, 2.45) is 0 Å². The van der Waals surface area contributed by atoms with Gasteiger partial charge in [0.05, 0.1) is 24.3 Å². The molecule has 0 spiro atoms. The fourth-order valence-corrected chi connectivity index (χ4v) is 2.28. The summed E-state index contributed by atoms with van der Waals surface area (Å²) in [5.41, 5.74) is 1.53. The van der Waals surface area contributed by atoms with E-state index in [1.54, 1.807) is 26.1 Å². The lowest BCUT2D eigenvalue weighted by Crippen LogP contribution is -2.46. The first kappa shape index (κ1) is 15.6. The number of amides is 2. The van der Waals surface area contributed by atoms with Gasteiger partial charge in [0, 0.05) is 12.7 Å². The van der Waals surface area contributed by atoms with Crippen LogP contribution in [0.2, 0.25) is 0 Å². The van der Waals surface area contributed by atoms with E-state index in [4.69, 9.17) is 9.84 Å². The highest BCUT2D eigenvalue weighted by atomic mass is 16.5. The number of urea groups is 1. The lowest BCUT2D eigenvalue weighted by Gasteiger charge is -2.33. The quantitative estimate of drug-likeness (QED) is 0.826. The van der Waals surface area contributed by atoms with Crippen LogP contribution in [0.5, 0.6) is 0 Å². The molecule has 1 aliphatic rings. The molecular formula is C15H16N2O5. The number of rotatable bonds is 3. The lowest BCUT2D eigenvalue weighted by molar-refractivity contribution is -0.136. The van der Waals surface area contributed by atoms with Crippen molar-refractivity contribution in [2.75, 3.05) is 14.2 Å². The largest absolute Gasteiger partial charge is 0.478 e. The zero-order valence-corrected chi connectivity index (χ0v) is 12.4. The number of carbonyl (C=O) groups excluding carboxylic acids is 2. The van der Waals surface area contributed by atoms with Crippen LogP contribution in [0.15, 0.2) is 35.5 Å². The van der Waals surface area contributed by atoms with Gasteiger partial charge in [-0.1, -0.05) is 12.1 Å². The molecule has 0 unspecified atom stereocenters. The Balaban J connectivity index is 2.49. The summed E-state index contributed by atoms with van der Waals surface area (Å²) in [5.74, 6) is -1.59. The number of nitrogens with one attached hydrogen (secondary N) is 1. The predicted octanol–water partition coefficient (Wildman–Crippen LogP) is 1.53. The number of methoxy groups -OCH3 is 1. The Morgan fingerprint density at radius 2 is 1.86 bits per heavy atom.